The summed E-state index contributed by atoms with van der Waals surface area (Å²) in [5.74, 6) is 0. The van der Waals surface area contributed by atoms with Crippen LogP contribution in [0, 0.1) is 0 Å². The molecular formula is C12H33P3Tc. The minimum absolute atomic E-state index is 0. The largest absolute Gasteiger partial charge is 0.113 e. The van der Waals surface area contributed by atoms with Gasteiger partial charge >= 0.3 is 0 Å². The van der Waals surface area contributed by atoms with E-state index in [1.54, 1.807) is 0 Å². The summed E-state index contributed by atoms with van der Waals surface area (Å²) in [6, 6.07) is 0. The van der Waals surface area contributed by atoms with Crippen LogP contribution in [0.25, 0.3) is 0 Å². The third kappa shape index (κ3) is 56.4. The fourth-order valence-electron chi connectivity index (χ4n) is 0. The summed E-state index contributed by atoms with van der Waals surface area (Å²) in [6.07, 6.45) is 4.11. The maximum Gasteiger partial charge on any atom is 0 e. The molecule has 0 fully saturated rings. The van der Waals surface area contributed by atoms with Crippen LogP contribution in [0.15, 0.2) is 0 Å². The molecule has 0 heterocycles. The molecular weight excluding hydrogens is 335 g/mol. The second kappa shape index (κ2) is 22.1. The number of hydrogen-bond acceptors (Lipinski definition) is 0. The monoisotopic (exact) mass is 367 g/mol. The van der Waals surface area contributed by atoms with Crippen molar-refractivity contribution < 1.29 is 20.1 Å². The third-order valence-corrected chi connectivity index (χ3v) is 5.69. The first-order valence-electron chi connectivity index (χ1n) is 5.75. The molecule has 16 heavy (non-hydrogen) atoms. The Kier molecular flexibility index (Phi) is 36.7. The van der Waals surface area contributed by atoms with E-state index in [1.165, 1.54) is 18.5 Å². The van der Waals surface area contributed by atoms with Gasteiger partial charge in [-0.3, -0.25) is 0 Å². The van der Waals surface area contributed by atoms with E-state index < -0.39 is 0 Å². The molecule has 4 heteroatoms. The molecule has 0 unspecified atom stereocenters. The Morgan fingerprint density at radius 3 is 0.562 bits per heavy atom. The first-order chi connectivity index (χ1) is 6.81. The van der Waals surface area contributed by atoms with Crippen LogP contribution in [-0.4, -0.2) is 58.5 Å². The Morgan fingerprint density at radius 1 is 0.500 bits per heavy atom. The van der Waals surface area contributed by atoms with Crippen LogP contribution in [0.2, 0.25) is 0 Å². The van der Waals surface area contributed by atoms with Gasteiger partial charge in [0, 0.05) is 20.1 Å². The molecule has 0 atom stereocenters. The Bertz CT molecular complexity index is 77.2. The summed E-state index contributed by atoms with van der Waals surface area (Å²) in [4.78, 5) is 0. The molecule has 0 nitrogen and oxygen atoms in total. The molecule has 0 aliphatic carbocycles. The fraction of sp³-hybridized carbons (Fsp3) is 1.00. The molecule has 103 valence electrons. The number of rotatable bonds is 3. The molecule has 0 aromatic carbocycles. The van der Waals surface area contributed by atoms with E-state index in [-0.39, 0.29) is 20.1 Å². The minimum Gasteiger partial charge on any atom is -0.113 e. The molecule has 0 spiro atoms. The Hall–Kier alpha value is 1.94. The molecule has 0 saturated heterocycles. The fourth-order valence-corrected chi connectivity index (χ4v) is 0. The molecule has 0 aliphatic rings. The summed E-state index contributed by atoms with van der Waals surface area (Å²) < 4.78 is 0. The summed E-state index contributed by atoms with van der Waals surface area (Å²) >= 11 is 0. The van der Waals surface area contributed by atoms with Gasteiger partial charge in [-0.1, -0.05) is 20.8 Å². The van der Waals surface area contributed by atoms with E-state index in [9.17, 15) is 0 Å². The molecule has 0 rings (SSSR count). The smallest absolute Gasteiger partial charge is 0 e. The van der Waals surface area contributed by atoms with Crippen LogP contribution in [-0.2, 0) is 20.1 Å². The van der Waals surface area contributed by atoms with Crippen LogP contribution >= 0.6 is 23.8 Å². The predicted molar refractivity (Wildman–Crippen MR) is 87.9 cm³/mol. The van der Waals surface area contributed by atoms with Crippen molar-refractivity contribution in [3.63, 3.8) is 0 Å². The van der Waals surface area contributed by atoms with E-state index in [4.69, 9.17) is 0 Å². The first-order valence-corrected chi connectivity index (χ1v) is 13.0. The minimum atomic E-state index is 0. The van der Waals surface area contributed by atoms with Crippen molar-refractivity contribution in [2.75, 3.05) is 58.5 Å². The zero-order valence-corrected chi connectivity index (χ0v) is 17.4. The molecule has 0 aromatic rings. The van der Waals surface area contributed by atoms with Gasteiger partial charge in [0.15, 0.2) is 0 Å². The van der Waals surface area contributed by atoms with E-state index in [2.05, 4.69) is 60.8 Å². The molecule has 0 amide bonds. The van der Waals surface area contributed by atoms with Gasteiger partial charge in [0.05, 0.1) is 0 Å². The van der Waals surface area contributed by atoms with Crippen molar-refractivity contribution in [2.24, 2.45) is 0 Å². The summed E-state index contributed by atoms with van der Waals surface area (Å²) in [5.41, 5.74) is 0. The second-order valence-electron chi connectivity index (χ2n) is 4.19. The van der Waals surface area contributed by atoms with Crippen LogP contribution in [0.1, 0.15) is 20.8 Å². The summed E-state index contributed by atoms with van der Waals surface area (Å²) in [7, 11) is 1.21. The van der Waals surface area contributed by atoms with Gasteiger partial charge in [0.2, 0.25) is 0 Å². The average molecular weight is 368 g/mol. The third-order valence-electron chi connectivity index (χ3n) is 1.90. The van der Waals surface area contributed by atoms with Gasteiger partial charge in [-0.25, -0.2) is 0 Å². The van der Waals surface area contributed by atoms with E-state index in [1.807, 2.05) is 0 Å². The molecule has 0 aliphatic heterocycles. The van der Waals surface area contributed by atoms with E-state index in [0.29, 0.717) is 23.8 Å². The van der Waals surface area contributed by atoms with Gasteiger partial charge in [-0.2, -0.15) is 0 Å². The topological polar surface area (TPSA) is 0 Å². The Morgan fingerprint density at radius 2 is 0.562 bits per heavy atom. The standard InChI is InChI=1S/3C4H11P.Tc/c3*1-4-5(2)3;/h3*4H2,1-3H3;. The zero-order valence-electron chi connectivity index (χ0n) is 12.8. The summed E-state index contributed by atoms with van der Waals surface area (Å²) in [6.45, 7) is 20.4. The van der Waals surface area contributed by atoms with Gasteiger partial charge in [-0.05, 0) is 58.5 Å². The Balaban J connectivity index is -0.0000000655. The Labute approximate surface area is 123 Å². The normalized spacial score (nSPS) is 9.00. The quantitative estimate of drug-likeness (QED) is 0.598. The van der Waals surface area contributed by atoms with Gasteiger partial charge < -0.3 is 0 Å². The van der Waals surface area contributed by atoms with Crippen molar-refractivity contribution in [3.05, 3.63) is 0 Å². The maximum absolute atomic E-state index is 2.29. The van der Waals surface area contributed by atoms with Crippen molar-refractivity contribution in [2.45, 2.75) is 20.8 Å². The van der Waals surface area contributed by atoms with Crippen molar-refractivity contribution in [3.8, 4) is 0 Å². The molecule has 0 aromatic heterocycles. The van der Waals surface area contributed by atoms with Crippen LogP contribution in [0.5, 0.6) is 0 Å². The molecule has 0 bridgehead atoms. The molecule has 0 N–H and O–H groups in total. The summed E-state index contributed by atoms with van der Waals surface area (Å²) in [5, 5.41) is 0. The van der Waals surface area contributed by atoms with Crippen molar-refractivity contribution in [1.29, 1.82) is 0 Å². The zero-order chi connectivity index (χ0) is 12.9. The van der Waals surface area contributed by atoms with E-state index >= 15 is 0 Å². The van der Waals surface area contributed by atoms with Crippen LogP contribution < -0.4 is 0 Å². The van der Waals surface area contributed by atoms with E-state index in [0.717, 1.165) is 0 Å². The SMILES string of the molecule is CCP(C)C.CCP(C)C.CCP(C)C.[Tc]. The van der Waals surface area contributed by atoms with Crippen molar-refractivity contribution in [1.82, 2.24) is 0 Å². The van der Waals surface area contributed by atoms with Gasteiger partial charge in [-0.15, -0.1) is 23.8 Å². The van der Waals surface area contributed by atoms with Crippen LogP contribution in [0.4, 0.5) is 0 Å². The average Bonchev–Trinajstić information content (AvgIpc) is 2.19. The molecule has 0 saturated carbocycles. The van der Waals surface area contributed by atoms with Crippen LogP contribution in [0.3, 0.4) is 0 Å². The molecule has 1 radical (unpaired) electrons. The number of hydrogen-bond donors (Lipinski definition) is 0. The first kappa shape index (κ1) is 26.5. The van der Waals surface area contributed by atoms with Gasteiger partial charge in [0.25, 0.3) is 0 Å². The predicted octanol–water partition coefficient (Wildman–Crippen LogP) is 5.24. The van der Waals surface area contributed by atoms with Crippen molar-refractivity contribution >= 4 is 23.8 Å². The van der Waals surface area contributed by atoms with Gasteiger partial charge in [0.1, 0.15) is 0 Å². The maximum atomic E-state index is 2.29. The second-order valence-corrected chi connectivity index (χ2v) is 12.6.